The average Bonchev–Trinajstić information content (AvgIpc) is 2.36. The van der Waals surface area contributed by atoms with Crippen molar-refractivity contribution >= 4 is 5.97 Å². The Hall–Kier alpha value is -1.12. The number of hydrogen-bond acceptors (Lipinski definition) is 5. The molecular formula is C5H5LiN4O2. The van der Waals surface area contributed by atoms with Gasteiger partial charge in [-0.05, 0) is 10.4 Å². The van der Waals surface area contributed by atoms with Gasteiger partial charge in [0, 0.05) is 0 Å². The molecule has 0 fully saturated rings. The topological polar surface area (TPSA) is 83.7 Å². The molecule has 0 aliphatic carbocycles. The Kier molecular flexibility index (Phi) is 4.26. The largest absolute Gasteiger partial charge is 1.00 e. The van der Waals surface area contributed by atoms with Crippen molar-refractivity contribution in [2.75, 3.05) is 0 Å². The maximum atomic E-state index is 10.2. The second-order valence-corrected chi connectivity index (χ2v) is 1.76. The van der Waals surface area contributed by atoms with Crippen LogP contribution in [-0.2, 0) is 6.54 Å². The molecular weight excluding hydrogens is 155 g/mol. The number of aromatic carboxylic acids is 1. The first-order valence-electron chi connectivity index (χ1n) is 2.84. The molecule has 0 aromatic carbocycles. The predicted molar refractivity (Wildman–Crippen MR) is 32.3 cm³/mol. The summed E-state index contributed by atoms with van der Waals surface area (Å²) in [6.45, 7) is 3.67. The van der Waals surface area contributed by atoms with Gasteiger partial charge in [0.05, 0.1) is 6.54 Å². The monoisotopic (exact) mass is 160 g/mol. The molecule has 1 heterocycles. The Labute approximate surface area is 80.4 Å². The summed E-state index contributed by atoms with van der Waals surface area (Å²) in [6, 6.07) is 0. The Morgan fingerprint density at radius 2 is 2.42 bits per heavy atom. The fourth-order valence-electron chi connectivity index (χ4n) is 0.596. The summed E-state index contributed by atoms with van der Waals surface area (Å²) >= 11 is 0. The summed E-state index contributed by atoms with van der Waals surface area (Å²) in [5.74, 6) is -1.68. The van der Waals surface area contributed by atoms with Gasteiger partial charge in [0.1, 0.15) is 5.97 Å². The minimum atomic E-state index is -1.39. The number of tetrazole rings is 1. The summed E-state index contributed by atoms with van der Waals surface area (Å²) in [7, 11) is 0. The maximum Gasteiger partial charge on any atom is 1.00 e. The molecule has 0 unspecified atom stereocenters. The third kappa shape index (κ3) is 2.19. The average molecular weight is 160 g/mol. The van der Waals surface area contributed by atoms with E-state index in [2.05, 4.69) is 22.1 Å². The molecule has 1 rings (SSSR count). The number of rotatable bonds is 3. The van der Waals surface area contributed by atoms with Crippen LogP contribution in [0.25, 0.3) is 0 Å². The van der Waals surface area contributed by atoms with E-state index in [1.54, 1.807) is 0 Å². The molecule has 0 saturated heterocycles. The quantitative estimate of drug-likeness (QED) is 0.327. The summed E-state index contributed by atoms with van der Waals surface area (Å²) in [5.41, 5.74) is 0. The van der Waals surface area contributed by atoms with Crippen LogP contribution < -0.4 is 24.0 Å². The number of carbonyl (C=O) groups excluding carboxylic acids is 1. The summed E-state index contributed by atoms with van der Waals surface area (Å²) < 4.78 is 1.09. The zero-order valence-corrected chi connectivity index (χ0v) is 6.60. The van der Waals surface area contributed by atoms with Gasteiger partial charge in [-0.15, -0.1) is 11.7 Å². The first kappa shape index (κ1) is 10.9. The van der Waals surface area contributed by atoms with E-state index < -0.39 is 5.97 Å². The van der Waals surface area contributed by atoms with Gasteiger partial charge in [0.2, 0.25) is 0 Å². The number of nitrogens with zero attached hydrogens (tertiary/aromatic N) is 4. The summed E-state index contributed by atoms with van der Waals surface area (Å²) in [5, 5.41) is 20.0. The number of carbonyl (C=O) groups is 1. The molecule has 0 radical (unpaired) electrons. The Morgan fingerprint density at radius 3 is 2.92 bits per heavy atom. The molecule has 58 valence electrons. The van der Waals surface area contributed by atoms with E-state index in [9.17, 15) is 9.90 Å². The second-order valence-electron chi connectivity index (χ2n) is 1.76. The smallest absolute Gasteiger partial charge is 0.541 e. The molecule has 0 atom stereocenters. The molecule has 6 nitrogen and oxygen atoms in total. The first-order valence-corrected chi connectivity index (χ1v) is 2.84. The predicted octanol–water partition coefficient (Wildman–Crippen LogP) is -4.77. The fourth-order valence-corrected chi connectivity index (χ4v) is 0.596. The third-order valence-corrected chi connectivity index (χ3v) is 1.02. The summed E-state index contributed by atoms with van der Waals surface area (Å²) in [6.07, 6.45) is 1.49. The van der Waals surface area contributed by atoms with Crippen LogP contribution in [0.1, 0.15) is 10.6 Å². The zero-order valence-electron chi connectivity index (χ0n) is 6.60. The van der Waals surface area contributed by atoms with Gasteiger partial charge in [0.15, 0.2) is 5.82 Å². The van der Waals surface area contributed by atoms with Crippen molar-refractivity contribution in [2.24, 2.45) is 0 Å². The van der Waals surface area contributed by atoms with Gasteiger partial charge in [-0.1, -0.05) is 6.08 Å². The van der Waals surface area contributed by atoms with Crippen molar-refractivity contribution in [2.45, 2.75) is 6.54 Å². The third-order valence-electron chi connectivity index (χ3n) is 1.02. The fraction of sp³-hybridized carbons (Fsp3) is 0.200. The van der Waals surface area contributed by atoms with E-state index in [1.165, 1.54) is 6.08 Å². The Bertz CT molecular complexity index is 285. The van der Waals surface area contributed by atoms with E-state index >= 15 is 0 Å². The molecule has 0 amide bonds. The minimum Gasteiger partial charge on any atom is -0.541 e. The van der Waals surface area contributed by atoms with E-state index in [1.807, 2.05) is 0 Å². The standard InChI is InChI=1S/C5H6N4O2.Li/c1-2-3-9-4(5(10)11)6-7-8-9;/h2H,1,3H2,(H,10,11);/q;+1/p-1. The maximum absolute atomic E-state index is 10.2. The van der Waals surface area contributed by atoms with Crippen molar-refractivity contribution in [3.05, 3.63) is 18.5 Å². The van der Waals surface area contributed by atoms with E-state index in [4.69, 9.17) is 0 Å². The van der Waals surface area contributed by atoms with Gasteiger partial charge in [-0.3, -0.25) is 0 Å². The van der Waals surface area contributed by atoms with Crippen LogP contribution in [0.5, 0.6) is 0 Å². The number of hydrogen-bond donors (Lipinski definition) is 0. The molecule has 12 heavy (non-hydrogen) atoms. The van der Waals surface area contributed by atoms with Gasteiger partial charge in [-0.25, -0.2) is 4.68 Å². The molecule has 0 spiro atoms. The van der Waals surface area contributed by atoms with Crippen LogP contribution in [0.3, 0.4) is 0 Å². The van der Waals surface area contributed by atoms with Crippen LogP contribution in [0.2, 0.25) is 0 Å². The number of aromatic nitrogens is 4. The molecule has 1 aromatic rings. The van der Waals surface area contributed by atoms with Crippen LogP contribution in [-0.4, -0.2) is 26.2 Å². The zero-order chi connectivity index (χ0) is 8.27. The first-order chi connectivity index (χ1) is 5.25. The van der Waals surface area contributed by atoms with Crippen molar-refractivity contribution in [3.63, 3.8) is 0 Å². The summed E-state index contributed by atoms with van der Waals surface area (Å²) in [4.78, 5) is 10.2. The van der Waals surface area contributed by atoms with Gasteiger partial charge in [0.25, 0.3) is 0 Å². The van der Waals surface area contributed by atoms with Gasteiger partial charge < -0.3 is 9.90 Å². The molecule has 0 N–H and O–H groups in total. The van der Waals surface area contributed by atoms with Crippen molar-refractivity contribution in [3.8, 4) is 0 Å². The molecule has 0 saturated carbocycles. The van der Waals surface area contributed by atoms with E-state index in [-0.39, 0.29) is 31.2 Å². The molecule has 7 heteroatoms. The molecule has 0 aliphatic rings. The second kappa shape index (κ2) is 4.69. The number of allylic oxidation sites excluding steroid dienone is 1. The van der Waals surface area contributed by atoms with Crippen LogP contribution in [0.4, 0.5) is 0 Å². The van der Waals surface area contributed by atoms with Crippen molar-refractivity contribution in [1.29, 1.82) is 0 Å². The normalized spacial score (nSPS) is 8.67. The minimum absolute atomic E-state index is 0. The van der Waals surface area contributed by atoms with E-state index in [0.29, 0.717) is 0 Å². The van der Waals surface area contributed by atoms with Gasteiger partial charge >= 0.3 is 18.9 Å². The number of carboxylic acid groups (broad SMARTS) is 1. The SMILES string of the molecule is C=CCn1nnnc1C(=O)[O-].[Li+]. The van der Waals surface area contributed by atoms with Crippen LogP contribution in [0.15, 0.2) is 12.7 Å². The Balaban J connectivity index is 0.00000121. The van der Waals surface area contributed by atoms with Crippen molar-refractivity contribution in [1.82, 2.24) is 20.2 Å². The molecule has 0 bridgehead atoms. The molecule has 0 aliphatic heterocycles. The van der Waals surface area contributed by atoms with Crippen LogP contribution >= 0.6 is 0 Å². The van der Waals surface area contributed by atoms with E-state index in [0.717, 1.165) is 4.68 Å². The molecule has 1 aromatic heterocycles. The number of carboxylic acids is 1. The van der Waals surface area contributed by atoms with Crippen molar-refractivity contribution < 1.29 is 28.8 Å². The Morgan fingerprint density at radius 1 is 1.75 bits per heavy atom. The van der Waals surface area contributed by atoms with Gasteiger partial charge in [-0.2, -0.15) is 0 Å². The van der Waals surface area contributed by atoms with Crippen LogP contribution in [0, 0.1) is 0 Å².